The number of benzene rings is 1. The number of ether oxygens (including phenoxy) is 2. The van der Waals surface area contributed by atoms with Gasteiger partial charge in [0.15, 0.2) is 6.61 Å². The second-order valence-electron chi connectivity index (χ2n) is 5.10. The first-order valence-corrected chi connectivity index (χ1v) is 7.76. The molecular weight excluding hydrogens is 266 g/mol. The van der Waals surface area contributed by atoms with Crippen LogP contribution in [-0.2, 0) is 16.1 Å². The molecule has 0 saturated carbocycles. The predicted molar refractivity (Wildman–Crippen MR) is 84.5 cm³/mol. The third kappa shape index (κ3) is 6.63. The molecule has 118 valence electrons. The Balaban J connectivity index is 2.54. The van der Waals surface area contributed by atoms with Crippen molar-refractivity contribution in [2.75, 3.05) is 19.8 Å². The highest BCUT2D eigenvalue weighted by atomic mass is 16.6. The van der Waals surface area contributed by atoms with E-state index in [-0.39, 0.29) is 12.6 Å². The highest BCUT2D eigenvalue weighted by Crippen LogP contribution is 2.23. The van der Waals surface area contributed by atoms with Gasteiger partial charge in [-0.3, -0.25) is 0 Å². The minimum absolute atomic E-state index is 0.0324. The number of para-hydroxylation sites is 1. The lowest BCUT2D eigenvalue weighted by Gasteiger charge is -2.14. The van der Waals surface area contributed by atoms with E-state index in [9.17, 15) is 4.79 Å². The lowest BCUT2D eigenvalue weighted by Crippen LogP contribution is -2.18. The molecule has 0 fully saturated rings. The lowest BCUT2D eigenvalue weighted by atomic mass is 10.1. The summed E-state index contributed by atoms with van der Waals surface area (Å²) in [4.78, 5) is 11.6. The molecule has 0 radical (unpaired) electrons. The third-order valence-corrected chi connectivity index (χ3v) is 3.13. The minimum Gasteiger partial charge on any atom is -0.481 e. The summed E-state index contributed by atoms with van der Waals surface area (Å²) in [6, 6.07) is 6.01. The molecule has 0 bridgehead atoms. The summed E-state index contributed by atoms with van der Waals surface area (Å²) in [6.07, 6.45) is 2.99. The van der Waals surface area contributed by atoms with E-state index in [2.05, 4.69) is 19.2 Å². The fourth-order valence-electron chi connectivity index (χ4n) is 1.96. The van der Waals surface area contributed by atoms with Gasteiger partial charge >= 0.3 is 5.97 Å². The first kappa shape index (κ1) is 17.5. The molecule has 0 aliphatic carbocycles. The van der Waals surface area contributed by atoms with E-state index in [1.54, 1.807) is 0 Å². The van der Waals surface area contributed by atoms with Crippen molar-refractivity contribution in [3.05, 3.63) is 29.3 Å². The van der Waals surface area contributed by atoms with Crippen molar-refractivity contribution >= 4 is 5.97 Å². The molecule has 0 aromatic heterocycles. The fraction of sp³-hybridized carbons (Fsp3) is 0.588. The van der Waals surface area contributed by atoms with Crippen LogP contribution in [-0.4, -0.2) is 25.7 Å². The molecule has 0 aliphatic rings. The summed E-state index contributed by atoms with van der Waals surface area (Å²) in [5, 5.41) is 3.35. The first-order valence-electron chi connectivity index (χ1n) is 7.76. The summed E-state index contributed by atoms with van der Waals surface area (Å²) in [5.41, 5.74) is 2.11. The lowest BCUT2D eigenvalue weighted by molar-refractivity contribution is -0.146. The van der Waals surface area contributed by atoms with E-state index in [1.807, 2.05) is 25.1 Å². The Morgan fingerprint density at radius 1 is 1.24 bits per heavy atom. The number of carbonyl (C=O) groups excluding carboxylic acids is 1. The molecule has 0 unspecified atom stereocenters. The average Bonchev–Trinajstić information content (AvgIpc) is 2.47. The Hall–Kier alpha value is -1.55. The zero-order valence-electron chi connectivity index (χ0n) is 13.4. The Morgan fingerprint density at radius 2 is 2.05 bits per heavy atom. The summed E-state index contributed by atoms with van der Waals surface area (Å²) in [6.45, 7) is 8.33. The molecule has 4 heteroatoms. The van der Waals surface area contributed by atoms with Crippen molar-refractivity contribution < 1.29 is 14.3 Å². The zero-order valence-corrected chi connectivity index (χ0v) is 13.4. The van der Waals surface area contributed by atoms with E-state index < -0.39 is 0 Å². The molecule has 1 aromatic rings. The van der Waals surface area contributed by atoms with Gasteiger partial charge in [-0.2, -0.15) is 0 Å². The zero-order chi connectivity index (χ0) is 15.5. The number of esters is 1. The van der Waals surface area contributed by atoms with Crippen LogP contribution >= 0.6 is 0 Å². The van der Waals surface area contributed by atoms with Gasteiger partial charge in [0, 0.05) is 12.1 Å². The van der Waals surface area contributed by atoms with Crippen molar-refractivity contribution in [3.8, 4) is 5.75 Å². The molecular formula is C17H27NO3. The maximum atomic E-state index is 11.6. The Labute approximate surface area is 127 Å². The van der Waals surface area contributed by atoms with Crippen molar-refractivity contribution in [1.82, 2.24) is 5.32 Å². The van der Waals surface area contributed by atoms with Crippen molar-refractivity contribution in [2.45, 2.75) is 46.6 Å². The topological polar surface area (TPSA) is 47.6 Å². The number of carbonyl (C=O) groups is 1. The van der Waals surface area contributed by atoms with Crippen LogP contribution in [0.1, 0.15) is 44.2 Å². The fourth-order valence-corrected chi connectivity index (χ4v) is 1.96. The van der Waals surface area contributed by atoms with E-state index in [0.29, 0.717) is 6.61 Å². The van der Waals surface area contributed by atoms with Crippen LogP contribution in [0.15, 0.2) is 18.2 Å². The van der Waals surface area contributed by atoms with Gasteiger partial charge in [-0.1, -0.05) is 38.5 Å². The molecule has 21 heavy (non-hydrogen) atoms. The van der Waals surface area contributed by atoms with Crippen LogP contribution in [0.4, 0.5) is 0 Å². The van der Waals surface area contributed by atoms with E-state index in [1.165, 1.54) is 0 Å². The Bertz CT molecular complexity index is 432. The number of unbranched alkanes of at least 4 members (excludes halogenated alkanes) is 1. The number of aryl methyl sites for hydroxylation is 1. The van der Waals surface area contributed by atoms with Crippen LogP contribution < -0.4 is 10.1 Å². The third-order valence-electron chi connectivity index (χ3n) is 3.13. The van der Waals surface area contributed by atoms with E-state index in [4.69, 9.17) is 9.47 Å². The molecule has 0 spiro atoms. The molecule has 1 rings (SSSR count). The van der Waals surface area contributed by atoms with Gasteiger partial charge in [-0.15, -0.1) is 0 Å². The maximum Gasteiger partial charge on any atom is 0.344 e. The van der Waals surface area contributed by atoms with Gasteiger partial charge in [-0.05, 0) is 31.9 Å². The molecule has 1 N–H and O–H groups in total. The van der Waals surface area contributed by atoms with E-state index >= 15 is 0 Å². The van der Waals surface area contributed by atoms with Gasteiger partial charge in [0.1, 0.15) is 5.75 Å². The average molecular weight is 293 g/mol. The van der Waals surface area contributed by atoms with Crippen LogP contribution in [0, 0.1) is 6.92 Å². The molecule has 0 atom stereocenters. The van der Waals surface area contributed by atoms with Crippen molar-refractivity contribution in [2.24, 2.45) is 0 Å². The van der Waals surface area contributed by atoms with Gasteiger partial charge in [0.2, 0.25) is 0 Å². The van der Waals surface area contributed by atoms with Crippen LogP contribution in [0.25, 0.3) is 0 Å². The summed E-state index contributed by atoms with van der Waals surface area (Å²) < 4.78 is 10.8. The second kappa shape index (κ2) is 10.2. The number of nitrogens with one attached hydrogen (secondary N) is 1. The van der Waals surface area contributed by atoms with Gasteiger partial charge < -0.3 is 14.8 Å². The smallest absolute Gasteiger partial charge is 0.344 e. The van der Waals surface area contributed by atoms with Gasteiger partial charge in [0.25, 0.3) is 0 Å². The molecule has 0 amide bonds. The predicted octanol–water partition coefficient (Wildman–Crippen LogP) is 3.22. The highest BCUT2D eigenvalue weighted by molar-refractivity contribution is 5.71. The van der Waals surface area contributed by atoms with Gasteiger partial charge in [0.05, 0.1) is 6.61 Å². The van der Waals surface area contributed by atoms with Crippen LogP contribution in [0.5, 0.6) is 5.75 Å². The standard InChI is InChI=1S/C17H27NO3/c1-4-6-11-20-16(19)13-21-17-14(3)8-7-9-15(17)12-18-10-5-2/h7-9,18H,4-6,10-13H2,1-3H3. The van der Waals surface area contributed by atoms with Crippen LogP contribution in [0.2, 0.25) is 0 Å². The monoisotopic (exact) mass is 293 g/mol. The highest BCUT2D eigenvalue weighted by Gasteiger charge is 2.10. The van der Waals surface area contributed by atoms with Gasteiger partial charge in [-0.25, -0.2) is 4.79 Å². The first-order chi connectivity index (χ1) is 10.2. The van der Waals surface area contributed by atoms with Crippen molar-refractivity contribution in [3.63, 3.8) is 0 Å². The minimum atomic E-state index is -0.306. The molecule has 0 heterocycles. The number of hydrogen-bond donors (Lipinski definition) is 1. The summed E-state index contributed by atoms with van der Waals surface area (Å²) in [5.74, 6) is 0.479. The molecule has 0 saturated heterocycles. The Kier molecular flexibility index (Phi) is 8.51. The Morgan fingerprint density at radius 3 is 2.76 bits per heavy atom. The van der Waals surface area contributed by atoms with E-state index in [0.717, 1.165) is 49.2 Å². The molecule has 0 aliphatic heterocycles. The largest absolute Gasteiger partial charge is 0.481 e. The second-order valence-corrected chi connectivity index (χ2v) is 5.10. The number of rotatable bonds is 10. The molecule has 4 nitrogen and oxygen atoms in total. The number of hydrogen-bond acceptors (Lipinski definition) is 4. The maximum absolute atomic E-state index is 11.6. The van der Waals surface area contributed by atoms with Crippen LogP contribution in [0.3, 0.4) is 0 Å². The summed E-state index contributed by atoms with van der Waals surface area (Å²) in [7, 11) is 0. The normalized spacial score (nSPS) is 10.4. The summed E-state index contributed by atoms with van der Waals surface area (Å²) >= 11 is 0. The van der Waals surface area contributed by atoms with Crippen molar-refractivity contribution in [1.29, 1.82) is 0 Å². The SMILES string of the molecule is CCCCOC(=O)COc1c(C)cccc1CNCCC. The quantitative estimate of drug-likeness (QED) is 0.531. The molecule has 1 aromatic carbocycles.